The molecule has 0 spiro atoms. The molecule has 1 aromatic carbocycles. The molecule has 1 aromatic rings. The average molecular weight is 397 g/mol. The lowest BCUT2D eigenvalue weighted by molar-refractivity contribution is 0.143. The molecule has 0 unspecified atom stereocenters. The zero-order valence-electron chi connectivity index (χ0n) is 15.9. The van der Waals surface area contributed by atoms with Gasteiger partial charge in [-0.2, -0.15) is 0 Å². The van der Waals surface area contributed by atoms with Crippen LogP contribution in [0.4, 0.5) is 0 Å². The van der Waals surface area contributed by atoms with Gasteiger partial charge in [0.05, 0.1) is 10.0 Å². The molecule has 0 atom stereocenters. The van der Waals surface area contributed by atoms with E-state index < -0.39 is 0 Å². The Morgan fingerprint density at radius 2 is 1.42 bits per heavy atom. The molecular formula is C22H34Cl2N2. The number of nitrogens with two attached hydrogens (primary N) is 1. The van der Waals surface area contributed by atoms with Crippen molar-refractivity contribution < 1.29 is 0 Å². The highest BCUT2D eigenvalue weighted by molar-refractivity contribution is 6.42. The Hall–Kier alpha value is -0.280. The highest BCUT2D eigenvalue weighted by Gasteiger charge is 2.24. The maximum atomic E-state index is 6.25. The van der Waals surface area contributed by atoms with Gasteiger partial charge in [0, 0.05) is 19.6 Å². The van der Waals surface area contributed by atoms with Gasteiger partial charge in [-0.25, -0.2) is 0 Å². The van der Waals surface area contributed by atoms with Crippen molar-refractivity contribution in [1.29, 1.82) is 0 Å². The molecule has 4 heteroatoms. The van der Waals surface area contributed by atoms with E-state index in [1.165, 1.54) is 76.4 Å². The summed E-state index contributed by atoms with van der Waals surface area (Å²) in [5.41, 5.74) is 7.15. The summed E-state index contributed by atoms with van der Waals surface area (Å²) in [7, 11) is 0. The van der Waals surface area contributed by atoms with Gasteiger partial charge in [-0.15, -0.1) is 0 Å². The summed E-state index contributed by atoms with van der Waals surface area (Å²) in [5, 5.41) is 1.32. The summed E-state index contributed by atoms with van der Waals surface area (Å²) in [4.78, 5) is 2.70. The maximum absolute atomic E-state index is 6.25. The van der Waals surface area contributed by atoms with Gasteiger partial charge < -0.3 is 5.73 Å². The minimum Gasteiger partial charge on any atom is -0.330 e. The summed E-state index contributed by atoms with van der Waals surface area (Å²) < 4.78 is 0. The maximum Gasteiger partial charge on any atom is 0.0595 e. The Morgan fingerprint density at radius 3 is 2.04 bits per heavy atom. The molecule has 26 heavy (non-hydrogen) atoms. The van der Waals surface area contributed by atoms with Crippen LogP contribution < -0.4 is 5.73 Å². The van der Waals surface area contributed by atoms with Gasteiger partial charge in [-0.3, -0.25) is 4.90 Å². The third-order valence-electron chi connectivity index (χ3n) is 6.45. The Balaban J connectivity index is 1.61. The molecule has 2 aliphatic carbocycles. The molecule has 2 nitrogen and oxygen atoms in total. The first-order valence-corrected chi connectivity index (χ1v) is 11.3. The fourth-order valence-corrected chi connectivity index (χ4v) is 5.17. The fourth-order valence-electron chi connectivity index (χ4n) is 4.85. The smallest absolute Gasteiger partial charge is 0.0595 e. The Morgan fingerprint density at radius 1 is 0.808 bits per heavy atom. The van der Waals surface area contributed by atoms with Gasteiger partial charge >= 0.3 is 0 Å². The van der Waals surface area contributed by atoms with Crippen molar-refractivity contribution in [2.24, 2.45) is 23.5 Å². The lowest BCUT2D eigenvalue weighted by Crippen LogP contribution is -2.36. The lowest BCUT2D eigenvalue weighted by atomic mass is 9.81. The van der Waals surface area contributed by atoms with Gasteiger partial charge in [-0.1, -0.05) is 48.5 Å². The van der Waals surface area contributed by atoms with E-state index in [4.69, 9.17) is 28.9 Å². The number of nitrogens with zero attached hydrogens (tertiary/aromatic N) is 1. The zero-order valence-corrected chi connectivity index (χ0v) is 17.4. The van der Waals surface area contributed by atoms with Crippen molar-refractivity contribution in [3.8, 4) is 0 Å². The highest BCUT2D eigenvalue weighted by atomic mass is 35.5. The molecule has 2 saturated carbocycles. The molecule has 0 heterocycles. The van der Waals surface area contributed by atoms with E-state index in [1.54, 1.807) is 0 Å². The summed E-state index contributed by atoms with van der Waals surface area (Å²) in [6.45, 7) is 4.30. The molecule has 146 valence electrons. The minimum atomic E-state index is 0.648. The van der Waals surface area contributed by atoms with Gasteiger partial charge in [0.15, 0.2) is 0 Å². The molecule has 3 rings (SSSR count). The normalized spacial score (nSPS) is 24.9. The zero-order chi connectivity index (χ0) is 18.4. The summed E-state index contributed by atoms with van der Waals surface area (Å²) in [6, 6.07) is 6.11. The third kappa shape index (κ3) is 6.12. The van der Waals surface area contributed by atoms with E-state index in [2.05, 4.69) is 11.0 Å². The number of hydrogen-bond donors (Lipinski definition) is 1. The number of halogens is 2. The molecule has 2 fully saturated rings. The van der Waals surface area contributed by atoms with Crippen LogP contribution in [0.1, 0.15) is 63.4 Å². The summed E-state index contributed by atoms with van der Waals surface area (Å²) in [5.74, 6) is 2.45. The van der Waals surface area contributed by atoms with Crippen LogP contribution in [0, 0.1) is 17.8 Å². The van der Waals surface area contributed by atoms with Gasteiger partial charge in [0.25, 0.3) is 0 Å². The van der Waals surface area contributed by atoms with Crippen LogP contribution >= 0.6 is 23.2 Å². The molecule has 0 bridgehead atoms. The standard InChI is InChI=1S/C22H34Cl2N2/c23-21-11-10-20(12-22(21)24)16-26(14-18-4-2-1-3-5-18)15-19-8-6-17(13-25)7-9-19/h10-12,17-19H,1-9,13-16,25H2. The molecule has 2 N–H and O–H groups in total. The van der Waals surface area contributed by atoms with Gasteiger partial charge in [-0.05, 0) is 80.5 Å². The van der Waals surface area contributed by atoms with Crippen LogP contribution in [0.3, 0.4) is 0 Å². The second kappa shape index (κ2) is 10.3. The Labute approximate surface area is 169 Å². The third-order valence-corrected chi connectivity index (χ3v) is 7.19. The second-order valence-electron chi connectivity index (χ2n) is 8.57. The van der Waals surface area contributed by atoms with Crippen LogP contribution in [-0.4, -0.2) is 24.5 Å². The van der Waals surface area contributed by atoms with Crippen LogP contribution in [0.15, 0.2) is 18.2 Å². The number of benzene rings is 1. The molecule has 0 aliphatic heterocycles. The topological polar surface area (TPSA) is 29.3 Å². The summed E-state index contributed by atoms with van der Waals surface area (Å²) >= 11 is 12.4. The molecule has 0 radical (unpaired) electrons. The molecule has 2 aliphatic rings. The first kappa shape index (κ1) is 20.5. The SMILES string of the molecule is NCC1CCC(CN(Cc2ccc(Cl)c(Cl)c2)CC2CCCCC2)CC1. The van der Waals surface area contributed by atoms with Crippen molar-refractivity contribution in [2.75, 3.05) is 19.6 Å². The van der Waals surface area contributed by atoms with Crippen molar-refractivity contribution in [1.82, 2.24) is 4.90 Å². The van der Waals surface area contributed by atoms with E-state index in [0.717, 1.165) is 30.8 Å². The van der Waals surface area contributed by atoms with Crippen LogP contribution in [0.5, 0.6) is 0 Å². The number of hydrogen-bond acceptors (Lipinski definition) is 2. The molecule has 0 aromatic heterocycles. The Bertz CT molecular complexity index is 549. The second-order valence-corrected chi connectivity index (χ2v) is 9.38. The van der Waals surface area contributed by atoms with Crippen molar-refractivity contribution in [2.45, 2.75) is 64.3 Å². The van der Waals surface area contributed by atoms with Crippen LogP contribution in [0.25, 0.3) is 0 Å². The fraction of sp³-hybridized carbons (Fsp3) is 0.727. The first-order chi connectivity index (χ1) is 12.6. The Kier molecular flexibility index (Phi) is 8.11. The molecular weight excluding hydrogens is 363 g/mol. The van der Waals surface area contributed by atoms with E-state index in [0.29, 0.717) is 10.0 Å². The van der Waals surface area contributed by atoms with Gasteiger partial charge in [0.1, 0.15) is 0 Å². The molecule has 0 amide bonds. The predicted molar refractivity (Wildman–Crippen MR) is 113 cm³/mol. The van der Waals surface area contributed by atoms with Crippen LogP contribution in [0.2, 0.25) is 10.0 Å². The first-order valence-electron chi connectivity index (χ1n) is 10.5. The minimum absolute atomic E-state index is 0.648. The van der Waals surface area contributed by atoms with E-state index in [9.17, 15) is 0 Å². The van der Waals surface area contributed by atoms with Crippen molar-refractivity contribution >= 4 is 23.2 Å². The quantitative estimate of drug-likeness (QED) is 0.599. The average Bonchev–Trinajstić information content (AvgIpc) is 2.66. The van der Waals surface area contributed by atoms with Gasteiger partial charge in [0.2, 0.25) is 0 Å². The summed E-state index contributed by atoms with van der Waals surface area (Å²) in [6.07, 6.45) is 12.3. The van der Waals surface area contributed by atoms with Crippen molar-refractivity contribution in [3.05, 3.63) is 33.8 Å². The van der Waals surface area contributed by atoms with Crippen molar-refractivity contribution in [3.63, 3.8) is 0 Å². The lowest BCUT2D eigenvalue weighted by Gasteiger charge is -2.35. The van der Waals surface area contributed by atoms with Crippen LogP contribution in [-0.2, 0) is 6.54 Å². The molecule has 0 saturated heterocycles. The van der Waals surface area contributed by atoms with E-state index in [-0.39, 0.29) is 0 Å². The van der Waals surface area contributed by atoms with E-state index in [1.807, 2.05) is 12.1 Å². The highest BCUT2D eigenvalue weighted by Crippen LogP contribution is 2.31. The monoisotopic (exact) mass is 396 g/mol. The number of rotatable bonds is 7. The predicted octanol–water partition coefficient (Wildman–Crippen LogP) is 6.14. The van der Waals surface area contributed by atoms with E-state index >= 15 is 0 Å². The largest absolute Gasteiger partial charge is 0.330 e.